The van der Waals surface area contributed by atoms with Gasteiger partial charge in [0.05, 0.1) is 0 Å². The second-order valence-corrected chi connectivity index (χ2v) is 9.95. The van der Waals surface area contributed by atoms with Crippen LogP contribution >= 0.6 is 24.4 Å². The van der Waals surface area contributed by atoms with E-state index >= 15 is 0 Å². The third-order valence-corrected chi connectivity index (χ3v) is 8.46. The van der Waals surface area contributed by atoms with E-state index < -0.39 is 0 Å². The summed E-state index contributed by atoms with van der Waals surface area (Å²) < 4.78 is 0. The first-order valence-corrected chi connectivity index (χ1v) is 12.2. The highest BCUT2D eigenvalue weighted by Gasteiger charge is 2.38. The molecular formula is C22H36N2S2. The van der Waals surface area contributed by atoms with Crippen LogP contribution in [0.3, 0.4) is 0 Å². The van der Waals surface area contributed by atoms with Gasteiger partial charge in [0.2, 0.25) is 0 Å². The van der Waals surface area contributed by atoms with Crippen LogP contribution in [0.25, 0.3) is 0 Å². The molecule has 4 fully saturated rings. The minimum Gasteiger partial charge on any atom is -0.354 e. The molecule has 0 aromatic carbocycles. The highest BCUT2D eigenvalue weighted by Crippen LogP contribution is 2.35. The van der Waals surface area contributed by atoms with E-state index in [1.54, 1.807) is 0 Å². The van der Waals surface area contributed by atoms with Crippen molar-refractivity contribution >= 4 is 34.4 Å². The van der Waals surface area contributed by atoms with E-state index in [-0.39, 0.29) is 0 Å². The van der Waals surface area contributed by atoms with Crippen LogP contribution in [0.1, 0.15) is 103 Å². The van der Waals surface area contributed by atoms with Crippen molar-refractivity contribution in [2.45, 2.75) is 127 Å². The maximum absolute atomic E-state index is 6.16. The summed E-state index contributed by atoms with van der Waals surface area (Å²) in [5.74, 6) is 0. The Bertz CT molecular complexity index is 418. The first kappa shape index (κ1) is 19.1. The molecule has 4 heteroatoms. The zero-order chi connectivity index (χ0) is 17.9. The molecular weight excluding hydrogens is 356 g/mol. The number of hydrogen-bond acceptors (Lipinski definition) is 2. The molecule has 0 atom stereocenters. The number of hydrogen-bond donors (Lipinski definition) is 0. The standard InChI is InChI=1S/C22H36N2S2/c25-21(23(17-9-1-2-10-17)18-11-3-4-12-18)22(26)24(19-13-5-6-14-19)20-15-7-8-16-20/h17-20H,1-16H2. The highest BCUT2D eigenvalue weighted by molar-refractivity contribution is 7.89. The van der Waals surface area contributed by atoms with Crippen LogP contribution in [0.5, 0.6) is 0 Å². The molecule has 26 heavy (non-hydrogen) atoms. The van der Waals surface area contributed by atoms with Crippen molar-refractivity contribution in [1.29, 1.82) is 0 Å². The molecule has 2 nitrogen and oxygen atoms in total. The molecule has 4 rings (SSSR count). The van der Waals surface area contributed by atoms with Crippen molar-refractivity contribution in [3.8, 4) is 0 Å². The third kappa shape index (κ3) is 3.97. The molecule has 0 bridgehead atoms. The molecule has 0 aliphatic heterocycles. The second kappa shape index (κ2) is 8.86. The monoisotopic (exact) mass is 392 g/mol. The summed E-state index contributed by atoms with van der Waals surface area (Å²) >= 11 is 12.3. The fourth-order valence-electron chi connectivity index (χ4n) is 6.21. The van der Waals surface area contributed by atoms with Crippen molar-refractivity contribution < 1.29 is 0 Å². The van der Waals surface area contributed by atoms with Crippen LogP contribution in [-0.4, -0.2) is 43.9 Å². The maximum atomic E-state index is 6.16. The molecule has 0 unspecified atom stereocenters. The quantitative estimate of drug-likeness (QED) is 0.540. The Kier molecular flexibility index (Phi) is 6.51. The lowest BCUT2D eigenvalue weighted by atomic mass is 10.1. The molecule has 146 valence electrons. The summed E-state index contributed by atoms with van der Waals surface area (Å²) in [5, 5.41) is 0. The summed E-state index contributed by atoms with van der Waals surface area (Å²) in [7, 11) is 0. The molecule has 0 aromatic heterocycles. The Morgan fingerprint density at radius 2 is 0.615 bits per heavy atom. The molecule has 4 saturated carbocycles. The largest absolute Gasteiger partial charge is 0.354 e. The zero-order valence-corrected chi connectivity index (χ0v) is 18.0. The minimum atomic E-state index is 0.664. The van der Waals surface area contributed by atoms with Crippen LogP contribution in [0, 0.1) is 0 Å². The SMILES string of the molecule is S=C(C(=S)N(C1CCCC1)C1CCCC1)N(C1CCCC1)C1CCCC1. The zero-order valence-electron chi connectivity index (χ0n) is 16.3. The van der Waals surface area contributed by atoms with Gasteiger partial charge in [0.1, 0.15) is 9.98 Å². The van der Waals surface area contributed by atoms with Gasteiger partial charge in [-0.2, -0.15) is 0 Å². The molecule has 4 aliphatic rings. The molecule has 0 amide bonds. The Hall–Kier alpha value is -0.220. The van der Waals surface area contributed by atoms with Crippen molar-refractivity contribution in [2.24, 2.45) is 0 Å². The summed E-state index contributed by atoms with van der Waals surface area (Å²) in [6.45, 7) is 0. The fraction of sp³-hybridized carbons (Fsp3) is 0.909. The van der Waals surface area contributed by atoms with Gasteiger partial charge in [0.25, 0.3) is 0 Å². The summed E-state index contributed by atoms with van der Waals surface area (Å²) in [6, 6.07) is 2.66. The molecule has 0 heterocycles. The van der Waals surface area contributed by atoms with E-state index in [4.69, 9.17) is 24.4 Å². The van der Waals surface area contributed by atoms with E-state index in [1.165, 1.54) is 103 Å². The minimum absolute atomic E-state index is 0.664. The van der Waals surface area contributed by atoms with Crippen molar-refractivity contribution in [2.75, 3.05) is 0 Å². The van der Waals surface area contributed by atoms with Gasteiger partial charge in [-0.1, -0.05) is 75.8 Å². The number of thiocarbonyl (C=S) groups is 2. The first-order chi connectivity index (χ1) is 12.8. The van der Waals surface area contributed by atoms with Gasteiger partial charge in [0.15, 0.2) is 0 Å². The highest BCUT2D eigenvalue weighted by atomic mass is 32.1. The fourth-order valence-corrected chi connectivity index (χ4v) is 7.02. The summed E-state index contributed by atoms with van der Waals surface area (Å²) in [4.78, 5) is 7.43. The van der Waals surface area contributed by atoms with Crippen LogP contribution in [0.15, 0.2) is 0 Å². The molecule has 0 spiro atoms. The first-order valence-electron chi connectivity index (χ1n) is 11.4. The smallest absolute Gasteiger partial charge is 0.137 e. The van der Waals surface area contributed by atoms with Gasteiger partial charge < -0.3 is 9.80 Å². The average Bonchev–Trinajstić information content (AvgIpc) is 3.42. The normalized spacial score (nSPS) is 26.0. The van der Waals surface area contributed by atoms with Crippen LogP contribution in [0.4, 0.5) is 0 Å². The van der Waals surface area contributed by atoms with Crippen LogP contribution in [-0.2, 0) is 0 Å². The van der Waals surface area contributed by atoms with Crippen molar-refractivity contribution in [1.82, 2.24) is 9.80 Å². The van der Waals surface area contributed by atoms with Gasteiger partial charge in [-0.15, -0.1) is 0 Å². The Morgan fingerprint density at radius 1 is 0.423 bits per heavy atom. The second-order valence-electron chi connectivity index (χ2n) is 9.18. The summed E-state index contributed by atoms with van der Waals surface area (Å²) in [6.07, 6.45) is 21.6. The summed E-state index contributed by atoms with van der Waals surface area (Å²) in [5.41, 5.74) is 0. The van der Waals surface area contributed by atoms with Gasteiger partial charge in [-0.3, -0.25) is 0 Å². The van der Waals surface area contributed by atoms with E-state index in [1.807, 2.05) is 0 Å². The van der Waals surface area contributed by atoms with Gasteiger partial charge in [0, 0.05) is 24.2 Å². The molecule has 0 N–H and O–H groups in total. The lowest BCUT2D eigenvalue weighted by Crippen LogP contribution is -2.54. The third-order valence-electron chi connectivity index (χ3n) is 7.52. The number of rotatable bonds is 4. The van der Waals surface area contributed by atoms with Crippen LogP contribution in [0.2, 0.25) is 0 Å². The van der Waals surface area contributed by atoms with E-state index in [0.29, 0.717) is 24.2 Å². The Morgan fingerprint density at radius 3 is 0.808 bits per heavy atom. The van der Waals surface area contributed by atoms with E-state index in [0.717, 1.165) is 9.98 Å². The Balaban J connectivity index is 1.54. The molecule has 0 saturated heterocycles. The number of nitrogens with zero attached hydrogens (tertiary/aromatic N) is 2. The Labute approximate surface area is 171 Å². The van der Waals surface area contributed by atoms with Crippen molar-refractivity contribution in [3.63, 3.8) is 0 Å². The predicted molar refractivity (Wildman–Crippen MR) is 118 cm³/mol. The van der Waals surface area contributed by atoms with Crippen LogP contribution < -0.4 is 0 Å². The molecule has 0 aromatic rings. The topological polar surface area (TPSA) is 6.48 Å². The van der Waals surface area contributed by atoms with Gasteiger partial charge in [-0.05, 0) is 51.4 Å². The molecule has 0 radical (unpaired) electrons. The van der Waals surface area contributed by atoms with Crippen molar-refractivity contribution in [3.05, 3.63) is 0 Å². The van der Waals surface area contributed by atoms with Gasteiger partial charge in [-0.25, -0.2) is 0 Å². The average molecular weight is 393 g/mol. The lowest BCUT2D eigenvalue weighted by molar-refractivity contribution is 0.228. The van der Waals surface area contributed by atoms with E-state index in [9.17, 15) is 0 Å². The lowest BCUT2D eigenvalue weighted by Gasteiger charge is -2.42. The molecule has 4 aliphatic carbocycles. The maximum Gasteiger partial charge on any atom is 0.137 e. The van der Waals surface area contributed by atoms with Gasteiger partial charge >= 0.3 is 0 Å². The predicted octanol–water partition coefficient (Wildman–Crippen LogP) is 6.02. The van der Waals surface area contributed by atoms with E-state index in [2.05, 4.69) is 9.80 Å².